The predicted molar refractivity (Wildman–Crippen MR) is 99.0 cm³/mol. The SMILES string of the molecule is Cc1cc(C)nc(Nc2cccc(CC3CCN(CCO)CC3)n2)n1. The third kappa shape index (κ3) is 5.21. The second-order valence-corrected chi connectivity index (χ2v) is 6.83. The summed E-state index contributed by atoms with van der Waals surface area (Å²) in [6, 6.07) is 8.04. The molecule has 6 nitrogen and oxygen atoms in total. The number of anilines is 2. The topological polar surface area (TPSA) is 74.2 Å². The number of nitrogens with one attached hydrogen (secondary N) is 1. The van der Waals surface area contributed by atoms with E-state index < -0.39 is 0 Å². The lowest BCUT2D eigenvalue weighted by Gasteiger charge is -2.31. The minimum atomic E-state index is 0.250. The third-order valence-corrected chi connectivity index (χ3v) is 4.65. The van der Waals surface area contributed by atoms with Crippen LogP contribution in [0.5, 0.6) is 0 Å². The average Bonchev–Trinajstić information content (AvgIpc) is 2.56. The van der Waals surface area contributed by atoms with Gasteiger partial charge in [0.1, 0.15) is 5.82 Å². The lowest BCUT2D eigenvalue weighted by Crippen LogP contribution is -2.36. The van der Waals surface area contributed by atoms with Crippen LogP contribution in [0.4, 0.5) is 11.8 Å². The van der Waals surface area contributed by atoms with Crippen LogP contribution in [0.1, 0.15) is 29.9 Å². The number of pyridine rings is 1. The smallest absolute Gasteiger partial charge is 0.228 e. The van der Waals surface area contributed by atoms with E-state index in [1.165, 1.54) is 12.8 Å². The Kier molecular flexibility index (Phi) is 5.94. The largest absolute Gasteiger partial charge is 0.395 e. The van der Waals surface area contributed by atoms with Gasteiger partial charge in [-0.1, -0.05) is 6.07 Å². The van der Waals surface area contributed by atoms with E-state index in [1.807, 2.05) is 32.0 Å². The minimum absolute atomic E-state index is 0.250. The molecule has 6 heteroatoms. The van der Waals surface area contributed by atoms with E-state index in [9.17, 15) is 0 Å². The fourth-order valence-electron chi connectivity index (χ4n) is 3.41. The van der Waals surface area contributed by atoms with Crippen LogP contribution in [0.15, 0.2) is 24.3 Å². The van der Waals surface area contributed by atoms with Gasteiger partial charge in [0.2, 0.25) is 5.95 Å². The first kappa shape index (κ1) is 17.8. The number of β-amino-alcohol motifs (C(OH)–C–C–N with tert-alkyl or cyclic N) is 1. The Morgan fingerprint density at radius 2 is 1.84 bits per heavy atom. The van der Waals surface area contributed by atoms with Gasteiger partial charge in [0, 0.05) is 23.6 Å². The minimum Gasteiger partial charge on any atom is -0.395 e. The Bertz CT molecular complexity index is 678. The quantitative estimate of drug-likeness (QED) is 0.841. The van der Waals surface area contributed by atoms with Crippen molar-refractivity contribution >= 4 is 11.8 Å². The van der Waals surface area contributed by atoms with Gasteiger partial charge in [0.05, 0.1) is 6.61 Å². The van der Waals surface area contributed by atoms with Gasteiger partial charge >= 0.3 is 0 Å². The van der Waals surface area contributed by atoms with E-state index >= 15 is 0 Å². The van der Waals surface area contributed by atoms with Crippen molar-refractivity contribution in [3.05, 3.63) is 41.3 Å². The molecule has 0 atom stereocenters. The van der Waals surface area contributed by atoms with Crippen molar-refractivity contribution in [2.75, 3.05) is 31.6 Å². The summed E-state index contributed by atoms with van der Waals surface area (Å²) in [4.78, 5) is 15.9. The van der Waals surface area contributed by atoms with Crippen LogP contribution in [0.2, 0.25) is 0 Å². The van der Waals surface area contributed by atoms with Crippen molar-refractivity contribution in [3.8, 4) is 0 Å². The van der Waals surface area contributed by atoms with Crippen molar-refractivity contribution in [1.82, 2.24) is 19.9 Å². The molecule has 0 unspecified atom stereocenters. The second-order valence-electron chi connectivity index (χ2n) is 6.83. The molecule has 1 aliphatic heterocycles. The van der Waals surface area contributed by atoms with E-state index in [1.54, 1.807) is 0 Å². The lowest BCUT2D eigenvalue weighted by atomic mass is 9.92. The van der Waals surface area contributed by atoms with Gasteiger partial charge in [-0.05, 0) is 70.3 Å². The number of rotatable bonds is 6. The zero-order valence-corrected chi connectivity index (χ0v) is 15.1. The molecule has 134 valence electrons. The van der Waals surface area contributed by atoms with Crippen molar-refractivity contribution in [1.29, 1.82) is 0 Å². The molecule has 2 aromatic rings. The molecular weight excluding hydrogens is 314 g/mol. The number of aryl methyl sites for hydroxylation is 2. The van der Waals surface area contributed by atoms with Crippen LogP contribution in [-0.4, -0.2) is 51.2 Å². The highest BCUT2D eigenvalue weighted by Crippen LogP contribution is 2.22. The molecule has 3 heterocycles. The number of piperidine rings is 1. The number of aromatic nitrogens is 3. The van der Waals surface area contributed by atoms with Crippen LogP contribution in [0.3, 0.4) is 0 Å². The number of nitrogens with zero attached hydrogens (tertiary/aromatic N) is 4. The Balaban J connectivity index is 1.60. The van der Waals surface area contributed by atoms with Crippen LogP contribution in [0, 0.1) is 19.8 Å². The third-order valence-electron chi connectivity index (χ3n) is 4.65. The highest BCUT2D eigenvalue weighted by atomic mass is 16.3. The molecule has 3 rings (SSSR count). The van der Waals surface area contributed by atoms with E-state index in [0.29, 0.717) is 11.9 Å². The first-order valence-electron chi connectivity index (χ1n) is 9.01. The molecule has 0 saturated carbocycles. The summed E-state index contributed by atoms with van der Waals surface area (Å²) in [5.74, 6) is 2.05. The van der Waals surface area contributed by atoms with Crippen molar-refractivity contribution in [2.24, 2.45) is 5.92 Å². The van der Waals surface area contributed by atoms with Crippen LogP contribution in [-0.2, 0) is 6.42 Å². The first-order valence-corrected chi connectivity index (χ1v) is 9.01. The molecule has 1 saturated heterocycles. The maximum atomic E-state index is 9.04. The monoisotopic (exact) mass is 341 g/mol. The standard InChI is InChI=1S/C19H27N5O/c1-14-12-15(2)21-19(20-14)23-18-5-3-4-17(22-18)13-16-6-8-24(9-7-16)10-11-25/h3-5,12,16,25H,6-11,13H2,1-2H3,(H,20,21,22,23). The molecule has 1 fully saturated rings. The summed E-state index contributed by atoms with van der Waals surface area (Å²) < 4.78 is 0. The molecule has 25 heavy (non-hydrogen) atoms. The van der Waals surface area contributed by atoms with E-state index in [-0.39, 0.29) is 6.61 Å². The van der Waals surface area contributed by atoms with E-state index in [4.69, 9.17) is 10.1 Å². The van der Waals surface area contributed by atoms with Crippen LogP contribution in [0.25, 0.3) is 0 Å². The molecule has 2 N–H and O–H groups in total. The van der Waals surface area contributed by atoms with Crippen molar-refractivity contribution < 1.29 is 5.11 Å². The molecule has 0 spiro atoms. The Morgan fingerprint density at radius 3 is 2.52 bits per heavy atom. The predicted octanol–water partition coefficient (Wildman–Crippen LogP) is 2.48. The molecule has 0 aliphatic carbocycles. The summed E-state index contributed by atoms with van der Waals surface area (Å²) in [6.07, 6.45) is 3.33. The number of hydrogen-bond acceptors (Lipinski definition) is 6. The second kappa shape index (κ2) is 8.36. The highest BCUT2D eigenvalue weighted by Gasteiger charge is 2.19. The Labute approximate surface area is 149 Å². The van der Waals surface area contributed by atoms with E-state index in [0.717, 1.165) is 49.0 Å². The Morgan fingerprint density at radius 1 is 1.12 bits per heavy atom. The fourth-order valence-corrected chi connectivity index (χ4v) is 3.41. The van der Waals surface area contributed by atoms with Gasteiger partial charge < -0.3 is 15.3 Å². The molecule has 0 bridgehead atoms. The van der Waals surface area contributed by atoms with Gasteiger partial charge in [-0.3, -0.25) is 0 Å². The first-order chi connectivity index (χ1) is 12.1. The van der Waals surface area contributed by atoms with Gasteiger partial charge in [-0.2, -0.15) is 0 Å². The molecule has 2 aromatic heterocycles. The van der Waals surface area contributed by atoms with Crippen molar-refractivity contribution in [2.45, 2.75) is 33.1 Å². The molecule has 0 aromatic carbocycles. The maximum absolute atomic E-state index is 9.04. The highest BCUT2D eigenvalue weighted by molar-refractivity contribution is 5.48. The average molecular weight is 341 g/mol. The van der Waals surface area contributed by atoms with Crippen LogP contribution < -0.4 is 5.32 Å². The summed E-state index contributed by atoms with van der Waals surface area (Å²) in [5, 5.41) is 12.3. The molecule has 0 radical (unpaired) electrons. The van der Waals surface area contributed by atoms with Gasteiger partial charge in [-0.25, -0.2) is 15.0 Å². The number of aliphatic hydroxyl groups is 1. The molecule has 1 aliphatic rings. The van der Waals surface area contributed by atoms with Crippen LogP contribution >= 0.6 is 0 Å². The Hall–Kier alpha value is -2.05. The zero-order valence-electron chi connectivity index (χ0n) is 15.1. The number of likely N-dealkylation sites (tertiary alicyclic amines) is 1. The summed E-state index contributed by atoms with van der Waals surface area (Å²) in [5.41, 5.74) is 3.00. The lowest BCUT2D eigenvalue weighted by molar-refractivity contribution is 0.147. The summed E-state index contributed by atoms with van der Waals surface area (Å²) in [6.45, 7) is 7.11. The summed E-state index contributed by atoms with van der Waals surface area (Å²) in [7, 11) is 0. The summed E-state index contributed by atoms with van der Waals surface area (Å²) >= 11 is 0. The van der Waals surface area contributed by atoms with Gasteiger partial charge in [0.15, 0.2) is 0 Å². The van der Waals surface area contributed by atoms with Crippen molar-refractivity contribution in [3.63, 3.8) is 0 Å². The number of aliphatic hydroxyl groups excluding tert-OH is 1. The molecular formula is C19H27N5O. The fraction of sp³-hybridized carbons (Fsp3) is 0.526. The zero-order chi connectivity index (χ0) is 17.6. The normalized spacial score (nSPS) is 16.1. The van der Waals surface area contributed by atoms with Gasteiger partial charge in [-0.15, -0.1) is 0 Å². The van der Waals surface area contributed by atoms with E-state index in [2.05, 4.69) is 26.3 Å². The molecule has 0 amide bonds. The number of hydrogen-bond donors (Lipinski definition) is 2. The van der Waals surface area contributed by atoms with Gasteiger partial charge in [0.25, 0.3) is 0 Å². The maximum Gasteiger partial charge on any atom is 0.228 e.